The molecule has 0 radical (unpaired) electrons. The number of amides is 1. The number of thiocarbonyl (C=S) groups is 1. The van der Waals surface area contributed by atoms with Gasteiger partial charge in [0.15, 0.2) is 5.11 Å². The number of benzene rings is 3. The summed E-state index contributed by atoms with van der Waals surface area (Å²) in [4.78, 5) is 19.9. The lowest BCUT2D eigenvalue weighted by Gasteiger charge is -2.19. The van der Waals surface area contributed by atoms with Crippen LogP contribution in [0.2, 0.25) is 0 Å². The molecule has 0 saturated carbocycles. The van der Waals surface area contributed by atoms with E-state index in [0.717, 1.165) is 54.5 Å². The number of hydrogen-bond acceptors (Lipinski definition) is 5. The van der Waals surface area contributed by atoms with Gasteiger partial charge in [-0.3, -0.25) is 10.1 Å². The van der Waals surface area contributed by atoms with Gasteiger partial charge >= 0.3 is 0 Å². The molecule has 0 aliphatic rings. The van der Waals surface area contributed by atoms with E-state index in [2.05, 4.69) is 52.1 Å². The average Bonchev–Trinajstić information content (AvgIpc) is 3.27. The Morgan fingerprint density at radius 2 is 1.74 bits per heavy atom. The minimum absolute atomic E-state index is 0.244. The second kappa shape index (κ2) is 13.2. The number of imidazole rings is 1. The van der Waals surface area contributed by atoms with E-state index < -0.39 is 0 Å². The number of fused-ring (bicyclic) bond motifs is 1. The molecule has 38 heavy (non-hydrogen) atoms. The number of carbonyl (C=O) groups is 1. The quantitative estimate of drug-likeness (QED) is 0.250. The summed E-state index contributed by atoms with van der Waals surface area (Å²) < 4.78 is 7.91. The zero-order valence-corrected chi connectivity index (χ0v) is 23.1. The molecule has 0 saturated heterocycles. The summed E-state index contributed by atoms with van der Waals surface area (Å²) in [7, 11) is 0. The molecule has 0 unspecified atom stereocenters. The highest BCUT2D eigenvalue weighted by molar-refractivity contribution is 7.80. The van der Waals surface area contributed by atoms with Crippen molar-refractivity contribution in [2.75, 3.05) is 31.6 Å². The molecule has 4 aromatic rings. The smallest absolute Gasteiger partial charge is 0.257 e. The van der Waals surface area contributed by atoms with Crippen molar-refractivity contribution in [2.24, 2.45) is 0 Å². The summed E-state index contributed by atoms with van der Waals surface area (Å²) in [5.41, 5.74) is 4.46. The number of nitrogens with zero attached hydrogens (tertiary/aromatic N) is 3. The number of ether oxygens (including phenoxy) is 1. The normalized spacial score (nSPS) is 11.1. The zero-order valence-electron chi connectivity index (χ0n) is 22.2. The van der Waals surface area contributed by atoms with E-state index in [0.29, 0.717) is 18.6 Å². The van der Waals surface area contributed by atoms with Gasteiger partial charge in [-0.05, 0) is 80.3 Å². The van der Waals surface area contributed by atoms with Crippen LogP contribution in [0.15, 0.2) is 72.8 Å². The largest absolute Gasteiger partial charge is 0.494 e. The Kier molecular flexibility index (Phi) is 9.46. The third-order valence-electron chi connectivity index (χ3n) is 6.48. The molecule has 1 amide bonds. The predicted octanol–water partition coefficient (Wildman–Crippen LogP) is 5.49. The number of nitrogens with one attached hydrogen (secondary N) is 2. The van der Waals surface area contributed by atoms with Gasteiger partial charge in [0.25, 0.3) is 5.91 Å². The first-order valence-electron chi connectivity index (χ1n) is 13.1. The fourth-order valence-corrected chi connectivity index (χ4v) is 4.61. The van der Waals surface area contributed by atoms with E-state index in [9.17, 15) is 4.79 Å². The number of aromatic nitrogens is 2. The number of carbonyl (C=O) groups excluding carboxylic acids is 1. The highest BCUT2D eigenvalue weighted by Crippen LogP contribution is 2.23. The second-order valence-corrected chi connectivity index (χ2v) is 9.35. The molecule has 7 nitrogen and oxygen atoms in total. The summed E-state index contributed by atoms with van der Waals surface area (Å²) >= 11 is 5.39. The number of likely N-dealkylation sites (N-methyl/N-ethyl adjacent to an activating group) is 1. The minimum atomic E-state index is -0.248. The molecule has 0 aliphatic heterocycles. The van der Waals surface area contributed by atoms with Crippen molar-refractivity contribution in [3.05, 3.63) is 89.7 Å². The van der Waals surface area contributed by atoms with Crippen molar-refractivity contribution in [3.63, 3.8) is 0 Å². The third kappa shape index (κ3) is 6.96. The van der Waals surface area contributed by atoms with Gasteiger partial charge in [0.1, 0.15) is 11.6 Å². The Labute approximate surface area is 229 Å². The van der Waals surface area contributed by atoms with Crippen molar-refractivity contribution in [1.82, 2.24) is 19.8 Å². The van der Waals surface area contributed by atoms with E-state index in [1.54, 1.807) is 12.1 Å². The molecule has 4 rings (SSSR count). The van der Waals surface area contributed by atoms with Crippen LogP contribution in [0.3, 0.4) is 0 Å². The van der Waals surface area contributed by atoms with Crippen LogP contribution in [-0.2, 0) is 13.0 Å². The molecule has 2 N–H and O–H groups in total. The molecule has 1 aromatic heterocycles. The second-order valence-electron chi connectivity index (χ2n) is 8.94. The fourth-order valence-electron chi connectivity index (χ4n) is 4.40. The van der Waals surface area contributed by atoms with Crippen LogP contribution < -0.4 is 15.4 Å². The molecule has 0 bridgehead atoms. The lowest BCUT2D eigenvalue weighted by atomic mass is 10.1. The van der Waals surface area contributed by atoms with Gasteiger partial charge in [0.05, 0.1) is 17.6 Å². The Bertz CT molecular complexity index is 1360. The number of hydrogen-bond donors (Lipinski definition) is 2. The summed E-state index contributed by atoms with van der Waals surface area (Å²) in [5.74, 6) is 1.63. The molecule has 0 fully saturated rings. The highest BCUT2D eigenvalue weighted by Gasteiger charge is 2.14. The van der Waals surface area contributed by atoms with Gasteiger partial charge in [0, 0.05) is 30.8 Å². The monoisotopic (exact) mass is 529 g/mol. The van der Waals surface area contributed by atoms with E-state index in [1.165, 1.54) is 5.56 Å². The summed E-state index contributed by atoms with van der Waals surface area (Å²) in [6.45, 7) is 10.8. The molecule has 1 heterocycles. The van der Waals surface area contributed by atoms with E-state index in [-0.39, 0.29) is 11.0 Å². The first kappa shape index (κ1) is 27.3. The van der Waals surface area contributed by atoms with Gasteiger partial charge in [-0.25, -0.2) is 4.98 Å². The molecule has 3 aromatic carbocycles. The maximum atomic E-state index is 12.4. The average molecular weight is 530 g/mol. The topological polar surface area (TPSA) is 71.4 Å². The van der Waals surface area contributed by atoms with Crippen LogP contribution in [0.4, 0.5) is 5.69 Å². The van der Waals surface area contributed by atoms with Crippen LogP contribution in [0.1, 0.15) is 42.5 Å². The Morgan fingerprint density at radius 3 is 2.42 bits per heavy atom. The van der Waals surface area contributed by atoms with Crippen LogP contribution in [-0.4, -0.2) is 51.7 Å². The zero-order chi connectivity index (χ0) is 26.9. The van der Waals surface area contributed by atoms with Gasteiger partial charge < -0.3 is 19.5 Å². The minimum Gasteiger partial charge on any atom is -0.494 e. The highest BCUT2D eigenvalue weighted by atomic mass is 32.1. The first-order chi connectivity index (χ1) is 18.5. The summed E-state index contributed by atoms with van der Waals surface area (Å²) in [6, 6.07) is 23.2. The SMILES string of the molecule is CCOc1ccc(Cc2nc3cc(NC(=S)NC(=O)c4ccccc4)ccc3n2CCN(CC)CC)cc1. The molecule has 0 spiro atoms. The molecular formula is C30H35N5O2S. The molecule has 198 valence electrons. The fraction of sp³-hybridized carbons (Fsp3) is 0.300. The van der Waals surface area contributed by atoms with Crippen LogP contribution in [0.5, 0.6) is 5.75 Å². The van der Waals surface area contributed by atoms with Crippen LogP contribution in [0, 0.1) is 0 Å². The third-order valence-corrected chi connectivity index (χ3v) is 6.68. The van der Waals surface area contributed by atoms with E-state index in [4.69, 9.17) is 21.9 Å². The van der Waals surface area contributed by atoms with Gasteiger partial charge in [0.2, 0.25) is 0 Å². The molecule has 0 atom stereocenters. The van der Waals surface area contributed by atoms with Crippen LogP contribution >= 0.6 is 12.2 Å². The van der Waals surface area contributed by atoms with Gasteiger partial charge in [-0.15, -0.1) is 0 Å². The number of anilines is 1. The van der Waals surface area contributed by atoms with Gasteiger partial charge in [-0.1, -0.05) is 44.2 Å². The van der Waals surface area contributed by atoms with Crippen molar-refractivity contribution in [1.29, 1.82) is 0 Å². The van der Waals surface area contributed by atoms with E-state index >= 15 is 0 Å². The lowest BCUT2D eigenvalue weighted by molar-refractivity contribution is 0.0977. The van der Waals surface area contributed by atoms with Crippen molar-refractivity contribution < 1.29 is 9.53 Å². The molecule has 0 aliphatic carbocycles. The predicted molar refractivity (Wildman–Crippen MR) is 158 cm³/mol. The summed E-state index contributed by atoms with van der Waals surface area (Å²) in [6.07, 6.45) is 0.716. The first-order valence-corrected chi connectivity index (χ1v) is 13.5. The van der Waals surface area contributed by atoms with Crippen molar-refractivity contribution >= 4 is 40.0 Å². The maximum Gasteiger partial charge on any atom is 0.257 e. The van der Waals surface area contributed by atoms with Crippen LogP contribution in [0.25, 0.3) is 11.0 Å². The Balaban J connectivity index is 1.55. The molecule has 8 heteroatoms. The summed E-state index contributed by atoms with van der Waals surface area (Å²) in [5, 5.41) is 6.11. The Morgan fingerprint density at radius 1 is 1.00 bits per heavy atom. The molecular weight excluding hydrogens is 494 g/mol. The van der Waals surface area contributed by atoms with Crippen molar-refractivity contribution in [3.8, 4) is 5.75 Å². The standard InChI is InChI=1S/C30H35N5O2S/c1-4-34(5-2)18-19-35-27-17-14-24(31-30(38)33-29(36)23-10-8-7-9-11-23)21-26(27)32-28(35)20-22-12-15-25(16-13-22)37-6-3/h7-17,21H,4-6,18-20H2,1-3H3,(H2,31,33,36,38). The number of rotatable bonds is 11. The lowest BCUT2D eigenvalue weighted by Crippen LogP contribution is -2.34. The Hall–Kier alpha value is -3.75. The maximum absolute atomic E-state index is 12.4. The van der Waals surface area contributed by atoms with Gasteiger partial charge in [-0.2, -0.15) is 0 Å². The van der Waals surface area contributed by atoms with Crippen molar-refractivity contribution in [2.45, 2.75) is 33.7 Å². The van der Waals surface area contributed by atoms with E-state index in [1.807, 2.05) is 49.4 Å².